The smallest absolute Gasteiger partial charge is 0.227 e. The van der Waals surface area contributed by atoms with Gasteiger partial charge in [-0.2, -0.15) is 0 Å². The summed E-state index contributed by atoms with van der Waals surface area (Å²) in [6.07, 6.45) is 1.82. The number of hydrogen-bond acceptors (Lipinski definition) is 2. The number of para-hydroxylation sites is 1. The highest BCUT2D eigenvalue weighted by atomic mass is 19.1. The Labute approximate surface area is 87.5 Å². The van der Waals surface area contributed by atoms with E-state index < -0.39 is 5.82 Å². The van der Waals surface area contributed by atoms with Crippen molar-refractivity contribution in [3.05, 3.63) is 30.1 Å². The number of anilines is 1. The zero-order chi connectivity index (χ0) is 11.3. The molecule has 1 aromatic carbocycles. The molecule has 1 radical (unpaired) electrons. The predicted molar refractivity (Wildman–Crippen MR) is 54.7 cm³/mol. The molecule has 15 heavy (non-hydrogen) atoms. The summed E-state index contributed by atoms with van der Waals surface area (Å²) in [4.78, 5) is 22.8. The van der Waals surface area contributed by atoms with Gasteiger partial charge in [-0.25, -0.2) is 4.39 Å². The average molecular weight is 208 g/mol. The Bertz CT molecular complexity index is 365. The molecule has 0 atom stereocenters. The summed E-state index contributed by atoms with van der Waals surface area (Å²) >= 11 is 0. The van der Waals surface area contributed by atoms with E-state index in [9.17, 15) is 14.0 Å². The van der Waals surface area contributed by atoms with E-state index in [-0.39, 0.29) is 24.6 Å². The standard InChI is InChI=1S/C11H11FNO2/c1-2-11(15)13(7-8-14)10-6-4-3-5-9(10)12/h3-6H,2,7H2,1H3. The average Bonchev–Trinajstić information content (AvgIpc) is 2.26. The number of rotatable bonds is 4. The number of carbonyl (C=O) groups excluding carboxylic acids is 2. The van der Waals surface area contributed by atoms with E-state index >= 15 is 0 Å². The zero-order valence-electron chi connectivity index (χ0n) is 8.37. The van der Waals surface area contributed by atoms with Crippen LogP contribution in [0.25, 0.3) is 0 Å². The van der Waals surface area contributed by atoms with Crippen molar-refractivity contribution in [2.75, 3.05) is 11.4 Å². The third kappa shape index (κ3) is 2.62. The van der Waals surface area contributed by atoms with Crippen molar-refractivity contribution in [2.24, 2.45) is 0 Å². The van der Waals surface area contributed by atoms with Crippen molar-refractivity contribution in [1.82, 2.24) is 0 Å². The highest BCUT2D eigenvalue weighted by molar-refractivity contribution is 5.95. The lowest BCUT2D eigenvalue weighted by atomic mass is 10.2. The van der Waals surface area contributed by atoms with Crippen molar-refractivity contribution in [3.63, 3.8) is 0 Å². The second-order valence-corrected chi connectivity index (χ2v) is 2.93. The molecular formula is C11H11FNO2. The molecule has 0 spiro atoms. The molecule has 79 valence electrons. The third-order valence-corrected chi connectivity index (χ3v) is 1.97. The molecule has 0 unspecified atom stereocenters. The minimum atomic E-state index is -0.519. The van der Waals surface area contributed by atoms with Crippen LogP contribution in [0.4, 0.5) is 10.1 Å². The fourth-order valence-electron chi connectivity index (χ4n) is 1.23. The molecule has 0 bridgehead atoms. The first kappa shape index (κ1) is 11.4. The van der Waals surface area contributed by atoms with Gasteiger partial charge in [-0.15, -0.1) is 0 Å². The molecule has 0 aliphatic carbocycles. The first-order chi connectivity index (χ1) is 7.20. The van der Waals surface area contributed by atoms with Crippen LogP contribution in [-0.4, -0.2) is 18.7 Å². The van der Waals surface area contributed by atoms with Gasteiger partial charge in [0.05, 0.1) is 12.2 Å². The molecule has 1 aromatic rings. The third-order valence-electron chi connectivity index (χ3n) is 1.97. The normalized spacial score (nSPS) is 9.73. The molecule has 1 rings (SSSR count). The summed E-state index contributed by atoms with van der Waals surface area (Å²) in [7, 11) is 0. The maximum atomic E-state index is 13.3. The van der Waals surface area contributed by atoms with E-state index in [1.54, 1.807) is 19.3 Å². The topological polar surface area (TPSA) is 37.4 Å². The molecule has 0 saturated carbocycles. The molecule has 0 aliphatic heterocycles. The summed E-state index contributed by atoms with van der Waals surface area (Å²) in [5, 5.41) is 0. The second kappa shape index (κ2) is 5.24. The molecular weight excluding hydrogens is 197 g/mol. The van der Waals surface area contributed by atoms with Crippen LogP contribution < -0.4 is 4.90 Å². The zero-order valence-corrected chi connectivity index (χ0v) is 8.37. The Morgan fingerprint density at radius 2 is 2.13 bits per heavy atom. The van der Waals surface area contributed by atoms with E-state index in [1.165, 1.54) is 18.2 Å². The Kier molecular flexibility index (Phi) is 3.97. The van der Waals surface area contributed by atoms with Crippen molar-refractivity contribution in [2.45, 2.75) is 13.3 Å². The summed E-state index contributed by atoms with van der Waals surface area (Å²) in [6, 6.07) is 5.84. The van der Waals surface area contributed by atoms with Crippen LogP contribution in [0.3, 0.4) is 0 Å². The highest BCUT2D eigenvalue weighted by Gasteiger charge is 2.16. The van der Waals surface area contributed by atoms with Crippen molar-refractivity contribution >= 4 is 17.9 Å². The van der Waals surface area contributed by atoms with Crippen molar-refractivity contribution in [3.8, 4) is 0 Å². The van der Waals surface area contributed by atoms with Crippen LogP contribution in [0.1, 0.15) is 13.3 Å². The van der Waals surface area contributed by atoms with E-state index in [1.807, 2.05) is 0 Å². The molecule has 3 nitrogen and oxygen atoms in total. The number of nitrogens with zero attached hydrogens (tertiary/aromatic N) is 1. The van der Waals surface area contributed by atoms with E-state index in [4.69, 9.17) is 0 Å². The summed E-state index contributed by atoms with van der Waals surface area (Å²) in [5.74, 6) is -0.821. The lowest BCUT2D eigenvalue weighted by molar-refractivity contribution is -0.118. The Morgan fingerprint density at radius 1 is 1.47 bits per heavy atom. The van der Waals surface area contributed by atoms with Crippen molar-refractivity contribution in [1.29, 1.82) is 0 Å². The predicted octanol–water partition coefficient (Wildman–Crippen LogP) is 1.68. The highest BCUT2D eigenvalue weighted by Crippen LogP contribution is 2.18. The first-order valence-electron chi connectivity index (χ1n) is 4.60. The largest absolute Gasteiger partial charge is 0.302 e. The van der Waals surface area contributed by atoms with Crippen LogP contribution in [0, 0.1) is 5.82 Å². The summed E-state index contributed by atoms with van der Waals surface area (Å²) in [6.45, 7) is 1.41. The van der Waals surface area contributed by atoms with Gasteiger partial charge in [0.25, 0.3) is 0 Å². The fraction of sp³-hybridized carbons (Fsp3) is 0.273. The summed E-state index contributed by atoms with van der Waals surface area (Å²) < 4.78 is 13.3. The van der Waals surface area contributed by atoms with Gasteiger partial charge in [0.1, 0.15) is 5.82 Å². The number of halogens is 1. The van der Waals surface area contributed by atoms with Gasteiger partial charge in [-0.05, 0) is 12.1 Å². The monoisotopic (exact) mass is 208 g/mol. The minimum absolute atomic E-state index is 0.118. The Balaban J connectivity index is 3.03. The van der Waals surface area contributed by atoms with Crippen molar-refractivity contribution < 1.29 is 14.0 Å². The maximum absolute atomic E-state index is 13.3. The lowest BCUT2D eigenvalue weighted by Gasteiger charge is -2.19. The summed E-state index contributed by atoms with van der Waals surface area (Å²) in [5.41, 5.74) is 0.118. The molecule has 0 saturated heterocycles. The molecule has 4 heteroatoms. The van der Waals surface area contributed by atoms with Crippen LogP contribution in [0.15, 0.2) is 24.3 Å². The fourth-order valence-corrected chi connectivity index (χ4v) is 1.23. The van der Waals surface area contributed by atoms with Gasteiger partial charge < -0.3 is 4.90 Å². The van der Waals surface area contributed by atoms with Gasteiger partial charge in [-0.3, -0.25) is 9.59 Å². The molecule has 0 aromatic heterocycles. The Morgan fingerprint density at radius 3 is 2.67 bits per heavy atom. The van der Waals surface area contributed by atoms with Crippen LogP contribution in [-0.2, 0) is 9.59 Å². The number of benzene rings is 1. The number of hydrogen-bond donors (Lipinski definition) is 0. The quantitative estimate of drug-likeness (QED) is 0.754. The molecule has 0 aliphatic rings. The van der Waals surface area contributed by atoms with Crippen LogP contribution in [0.5, 0.6) is 0 Å². The lowest BCUT2D eigenvalue weighted by Crippen LogP contribution is -2.32. The number of amides is 1. The van der Waals surface area contributed by atoms with Gasteiger partial charge in [-0.1, -0.05) is 19.1 Å². The van der Waals surface area contributed by atoms with Gasteiger partial charge in [0.15, 0.2) is 0 Å². The molecule has 0 N–H and O–H groups in total. The second-order valence-electron chi connectivity index (χ2n) is 2.93. The SMILES string of the molecule is CCC(=O)N(C[C]=O)c1ccccc1F. The van der Waals surface area contributed by atoms with Gasteiger partial charge in [0.2, 0.25) is 12.2 Å². The van der Waals surface area contributed by atoms with E-state index in [2.05, 4.69) is 0 Å². The Hall–Kier alpha value is -1.71. The minimum Gasteiger partial charge on any atom is -0.302 e. The van der Waals surface area contributed by atoms with Crippen LogP contribution >= 0.6 is 0 Å². The van der Waals surface area contributed by atoms with E-state index in [0.717, 1.165) is 4.90 Å². The van der Waals surface area contributed by atoms with Crippen LogP contribution in [0.2, 0.25) is 0 Å². The van der Waals surface area contributed by atoms with Gasteiger partial charge in [0, 0.05) is 6.42 Å². The number of carbonyl (C=O) groups is 1. The molecule has 0 heterocycles. The first-order valence-corrected chi connectivity index (χ1v) is 4.60. The van der Waals surface area contributed by atoms with E-state index in [0.29, 0.717) is 0 Å². The maximum Gasteiger partial charge on any atom is 0.227 e. The molecule has 1 amide bonds. The molecule has 0 fully saturated rings. The van der Waals surface area contributed by atoms with Gasteiger partial charge >= 0.3 is 0 Å².